The van der Waals surface area contributed by atoms with Crippen molar-refractivity contribution in [3.63, 3.8) is 0 Å². The Morgan fingerprint density at radius 1 is 1.37 bits per heavy atom. The van der Waals surface area contributed by atoms with Gasteiger partial charge in [-0.25, -0.2) is 0 Å². The normalized spacial score (nSPS) is 12.1. The van der Waals surface area contributed by atoms with Gasteiger partial charge in [0.05, 0.1) is 6.61 Å². The van der Waals surface area contributed by atoms with Gasteiger partial charge in [0, 0.05) is 6.66 Å². The molecule has 0 radical (unpaired) electrons. The molecule has 108 valence electrons. The van der Waals surface area contributed by atoms with Crippen molar-refractivity contribution < 1.29 is 23.9 Å². The van der Waals surface area contributed by atoms with Gasteiger partial charge in [-0.15, -0.1) is 0 Å². The van der Waals surface area contributed by atoms with Crippen LogP contribution in [0.5, 0.6) is 0 Å². The van der Waals surface area contributed by atoms with Crippen LogP contribution in [0, 0.1) is 0 Å². The number of hydrogen-bond acceptors (Lipinski definition) is 4. The number of nitrogens with two attached hydrogens (primary N) is 1. The van der Waals surface area contributed by atoms with Gasteiger partial charge in [0.1, 0.15) is 6.04 Å². The summed E-state index contributed by atoms with van der Waals surface area (Å²) in [5.41, 5.74) is 6.71. The van der Waals surface area contributed by atoms with Crippen LogP contribution in [0.15, 0.2) is 30.3 Å². The Morgan fingerprint density at radius 3 is 2.26 bits per heavy atom. The second kappa shape index (κ2) is 8.82. The molecule has 0 aromatic heterocycles. The number of esters is 1. The van der Waals surface area contributed by atoms with E-state index in [4.69, 9.17) is 20.3 Å². The van der Waals surface area contributed by atoms with E-state index in [1.165, 1.54) is 0 Å². The Morgan fingerprint density at radius 2 is 1.84 bits per heavy atom. The molecule has 0 aliphatic carbocycles. The molecule has 0 saturated heterocycles. The van der Waals surface area contributed by atoms with Crippen LogP contribution in [0.4, 0.5) is 0 Å². The van der Waals surface area contributed by atoms with Crippen molar-refractivity contribution in [1.82, 2.24) is 0 Å². The molecule has 1 atom stereocenters. The fraction of sp³-hybridized carbons (Fsp3) is 0.417. The minimum atomic E-state index is -3.64. The summed E-state index contributed by atoms with van der Waals surface area (Å²) >= 11 is 0. The van der Waals surface area contributed by atoms with Crippen LogP contribution < -0.4 is 5.73 Å². The summed E-state index contributed by atoms with van der Waals surface area (Å²) in [6.07, 6.45) is 0.527. The lowest BCUT2D eigenvalue weighted by atomic mass is 10.1. The number of carbonyl (C=O) groups is 1. The highest BCUT2D eigenvalue weighted by atomic mass is 31.2. The van der Waals surface area contributed by atoms with Crippen LogP contribution in [0.25, 0.3) is 0 Å². The molecule has 0 bridgehead atoms. The van der Waals surface area contributed by atoms with Crippen LogP contribution in [0.3, 0.4) is 0 Å². The quantitative estimate of drug-likeness (QED) is 0.561. The van der Waals surface area contributed by atoms with Crippen molar-refractivity contribution in [1.29, 1.82) is 0 Å². The summed E-state index contributed by atoms with van der Waals surface area (Å²) in [6, 6.07) is 9.11. The predicted octanol–water partition coefficient (Wildman–Crippen LogP) is 0.913. The Labute approximate surface area is 112 Å². The second-order valence-electron chi connectivity index (χ2n) is 3.88. The number of hydrogen-bond donors (Lipinski definition) is 3. The molecule has 0 amide bonds. The highest BCUT2D eigenvalue weighted by Crippen LogP contribution is 2.26. The van der Waals surface area contributed by atoms with Crippen molar-refractivity contribution in [2.45, 2.75) is 19.4 Å². The Hall–Kier alpha value is -1.20. The van der Waals surface area contributed by atoms with E-state index in [1.807, 2.05) is 30.3 Å². The van der Waals surface area contributed by atoms with E-state index < -0.39 is 13.6 Å². The van der Waals surface area contributed by atoms with Crippen LogP contribution in [-0.2, 0) is 20.5 Å². The van der Waals surface area contributed by atoms with Crippen LogP contribution in [-0.4, -0.2) is 35.1 Å². The summed E-state index contributed by atoms with van der Waals surface area (Å²) in [7, 11) is -3.64. The van der Waals surface area contributed by atoms with Crippen molar-refractivity contribution in [2.24, 2.45) is 5.73 Å². The first-order valence-electron chi connectivity index (χ1n) is 5.73. The maximum Gasteiger partial charge on any atom is 0.323 e. The van der Waals surface area contributed by atoms with Gasteiger partial charge in [-0.2, -0.15) is 0 Å². The third kappa shape index (κ3) is 11.6. The zero-order valence-corrected chi connectivity index (χ0v) is 11.9. The highest BCUT2D eigenvalue weighted by molar-refractivity contribution is 7.50. The lowest BCUT2D eigenvalue weighted by Crippen LogP contribution is -2.34. The number of rotatable bonds is 4. The largest absolute Gasteiger partial charge is 0.465 e. The molecule has 0 fully saturated rings. The van der Waals surface area contributed by atoms with Gasteiger partial charge in [-0.1, -0.05) is 30.3 Å². The average Bonchev–Trinajstić information content (AvgIpc) is 2.28. The first-order valence-corrected chi connectivity index (χ1v) is 7.79. The predicted molar refractivity (Wildman–Crippen MR) is 72.7 cm³/mol. The fourth-order valence-electron chi connectivity index (χ4n) is 1.20. The molecule has 19 heavy (non-hydrogen) atoms. The zero-order chi connectivity index (χ0) is 14.9. The van der Waals surface area contributed by atoms with Gasteiger partial charge in [-0.3, -0.25) is 9.36 Å². The second-order valence-corrected chi connectivity index (χ2v) is 5.55. The molecule has 1 rings (SSSR count). The van der Waals surface area contributed by atoms with Gasteiger partial charge in [0.25, 0.3) is 0 Å². The van der Waals surface area contributed by atoms with Gasteiger partial charge in [-0.05, 0) is 18.9 Å². The van der Waals surface area contributed by atoms with E-state index in [2.05, 4.69) is 0 Å². The lowest BCUT2D eigenvalue weighted by molar-refractivity contribution is -0.144. The molecule has 0 saturated carbocycles. The van der Waals surface area contributed by atoms with E-state index in [-0.39, 0.29) is 5.97 Å². The molecular formula is C12H20NO5P. The van der Waals surface area contributed by atoms with Crippen LogP contribution in [0.2, 0.25) is 0 Å². The topological polar surface area (TPSA) is 110 Å². The van der Waals surface area contributed by atoms with Gasteiger partial charge in [0.2, 0.25) is 0 Å². The van der Waals surface area contributed by atoms with Gasteiger partial charge in [0.15, 0.2) is 0 Å². The minimum Gasteiger partial charge on any atom is -0.465 e. The molecule has 0 aliphatic heterocycles. The molecule has 1 aromatic carbocycles. The fourth-order valence-corrected chi connectivity index (χ4v) is 1.20. The Balaban J connectivity index is 0.000000555. The summed E-state index contributed by atoms with van der Waals surface area (Å²) in [6.45, 7) is 3.00. The summed E-state index contributed by atoms with van der Waals surface area (Å²) < 4.78 is 14.1. The van der Waals surface area contributed by atoms with E-state index in [0.717, 1.165) is 12.2 Å². The first kappa shape index (κ1) is 17.8. The minimum absolute atomic E-state index is 0.337. The van der Waals surface area contributed by atoms with E-state index in [0.29, 0.717) is 13.0 Å². The molecular weight excluding hydrogens is 269 g/mol. The summed E-state index contributed by atoms with van der Waals surface area (Å²) in [4.78, 5) is 26.5. The number of ether oxygens (including phenoxy) is 1. The molecule has 7 heteroatoms. The standard InChI is InChI=1S/C11H15NO2.CH5O3P/c1-2-14-11(13)10(12)8-9-6-4-3-5-7-9;1-5(2,3)4/h3-7,10H,2,8,12H2,1H3;1H3,(H2,2,3,4). The third-order valence-electron chi connectivity index (χ3n) is 1.89. The Kier molecular flexibility index (Phi) is 8.27. The maximum atomic E-state index is 11.2. The van der Waals surface area contributed by atoms with Crippen molar-refractivity contribution >= 4 is 13.6 Å². The van der Waals surface area contributed by atoms with Crippen molar-refractivity contribution in [2.75, 3.05) is 13.3 Å². The molecule has 0 spiro atoms. The molecule has 6 nitrogen and oxygen atoms in total. The van der Waals surface area contributed by atoms with Crippen molar-refractivity contribution in [3.8, 4) is 0 Å². The van der Waals surface area contributed by atoms with E-state index in [9.17, 15) is 9.36 Å². The van der Waals surface area contributed by atoms with E-state index in [1.54, 1.807) is 6.92 Å². The first-order chi connectivity index (χ1) is 8.74. The maximum absolute atomic E-state index is 11.2. The third-order valence-corrected chi connectivity index (χ3v) is 1.89. The summed E-state index contributed by atoms with van der Waals surface area (Å²) in [5, 5.41) is 0. The summed E-state index contributed by atoms with van der Waals surface area (Å²) in [5.74, 6) is -0.337. The molecule has 4 N–H and O–H groups in total. The molecule has 0 heterocycles. The number of benzene rings is 1. The molecule has 1 unspecified atom stereocenters. The molecule has 0 aliphatic rings. The smallest absolute Gasteiger partial charge is 0.323 e. The SMILES string of the molecule is CCOC(=O)C(N)Cc1ccccc1.CP(=O)(O)O. The number of carbonyl (C=O) groups excluding carboxylic acids is 1. The average molecular weight is 289 g/mol. The van der Waals surface area contributed by atoms with Crippen LogP contribution in [0.1, 0.15) is 12.5 Å². The van der Waals surface area contributed by atoms with Gasteiger partial charge >= 0.3 is 13.6 Å². The Bertz CT molecular complexity index is 409. The zero-order valence-electron chi connectivity index (χ0n) is 11.0. The monoisotopic (exact) mass is 289 g/mol. The highest BCUT2D eigenvalue weighted by Gasteiger charge is 2.14. The van der Waals surface area contributed by atoms with E-state index >= 15 is 0 Å². The van der Waals surface area contributed by atoms with Crippen molar-refractivity contribution in [3.05, 3.63) is 35.9 Å². The van der Waals surface area contributed by atoms with Crippen LogP contribution >= 0.6 is 7.60 Å². The molecule has 1 aromatic rings. The lowest BCUT2D eigenvalue weighted by Gasteiger charge is -2.09. The van der Waals surface area contributed by atoms with Gasteiger partial charge < -0.3 is 20.3 Å².